The van der Waals surface area contributed by atoms with Gasteiger partial charge in [-0.2, -0.15) is 0 Å². The third-order valence-corrected chi connectivity index (χ3v) is 5.52. The van der Waals surface area contributed by atoms with Gasteiger partial charge < -0.3 is 5.32 Å². The Hall–Kier alpha value is -2.74. The van der Waals surface area contributed by atoms with Crippen molar-refractivity contribution in [3.05, 3.63) is 51.7 Å². The van der Waals surface area contributed by atoms with E-state index in [1.807, 2.05) is 0 Å². The van der Waals surface area contributed by atoms with Crippen LogP contribution in [0.5, 0.6) is 0 Å². The van der Waals surface area contributed by atoms with Crippen molar-refractivity contribution in [3.8, 4) is 0 Å². The molecule has 0 bridgehead atoms. The monoisotopic (exact) mass is 389 g/mol. The van der Waals surface area contributed by atoms with Crippen LogP contribution in [0.1, 0.15) is 57.3 Å². The Kier molecular flexibility index (Phi) is 5.85. The molecule has 0 saturated heterocycles. The molecular formula is C19H20FN3O3S. The number of aryl methyl sites for hydroxylation is 1. The summed E-state index contributed by atoms with van der Waals surface area (Å²) in [5.41, 5.74) is 6.11. The van der Waals surface area contributed by atoms with Gasteiger partial charge in [0.25, 0.3) is 11.8 Å². The molecule has 3 N–H and O–H groups in total. The van der Waals surface area contributed by atoms with Crippen molar-refractivity contribution in [2.45, 2.75) is 39.0 Å². The number of nitrogens with one attached hydrogen (secondary N) is 3. The van der Waals surface area contributed by atoms with E-state index in [1.165, 1.54) is 36.5 Å². The minimum atomic E-state index is -0.506. The minimum Gasteiger partial charge on any atom is -0.313 e. The van der Waals surface area contributed by atoms with Crippen molar-refractivity contribution in [2.75, 3.05) is 5.32 Å². The fraction of sp³-hybridized carbons (Fsp3) is 0.316. The van der Waals surface area contributed by atoms with E-state index in [0.717, 1.165) is 48.6 Å². The van der Waals surface area contributed by atoms with Crippen molar-refractivity contribution in [1.82, 2.24) is 10.9 Å². The summed E-state index contributed by atoms with van der Waals surface area (Å²) in [5.74, 6) is -1.86. The van der Waals surface area contributed by atoms with Crippen LogP contribution in [-0.4, -0.2) is 17.7 Å². The minimum absolute atomic E-state index is 0.173. The number of hydrogen-bond donors (Lipinski definition) is 3. The van der Waals surface area contributed by atoms with E-state index in [4.69, 9.17) is 0 Å². The lowest BCUT2D eigenvalue weighted by atomic mass is 10.0. The number of rotatable bonds is 3. The number of fused-ring (bicyclic) bond motifs is 1. The van der Waals surface area contributed by atoms with Gasteiger partial charge in [0.15, 0.2) is 0 Å². The zero-order valence-electron chi connectivity index (χ0n) is 14.9. The van der Waals surface area contributed by atoms with Crippen LogP contribution in [0, 0.1) is 5.82 Å². The van der Waals surface area contributed by atoms with Gasteiger partial charge in [0.2, 0.25) is 5.91 Å². The van der Waals surface area contributed by atoms with Gasteiger partial charge in [-0.3, -0.25) is 25.2 Å². The fourth-order valence-electron chi connectivity index (χ4n) is 3.08. The van der Waals surface area contributed by atoms with E-state index < -0.39 is 23.5 Å². The van der Waals surface area contributed by atoms with Gasteiger partial charge in [0, 0.05) is 17.4 Å². The standard InChI is InChI=1S/C19H20FN3O3S/c1-11(24)22-23-18(26)16-14-8-3-2-4-9-15(14)27-19(16)21-17(25)12-6-5-7-13(20)10-12/h5-7,10H,2-4,8-9H2,1H3,(H,21,25)(H,22,24)(H,23,26). The average Bonchev–Trinajstić information content (AvgIpc) is 2.80. The van der Waals surface area contributed by atoms with Crippen LogP contribution in [-0.2, 0) is 17.6 Å². The Bertz CT molecular complexity index is 894. The predicted molar refractivity (Wildman–Crippen MR) is 101 cm³/mol. The Morgan fingerprint density at radius 3 is 2.56 bits per heavy atom. The number of amides is 3. The van der Waals surface area contributed by atoms with Gasteiger partial charge >= 0.3 is 0 Å². The summed E-state index contributed by atoms with van der Waals surface area (Å²) in [4.78, 5) is 37.3. The lowest BCUT2D eigenvalue weighted by Crippen LogP contribution is -2.40. The first kappa shape index (κ1) is 19.0. The molecule has 142 valence electrons. The molecule has 1 aromatic heterocycles. The molecule has 0 atom stereocenters. The van der Waals surface area contributed by atoms with Crippen LogP contribution in [0.2, 0.25) is 0 Å². The molecule has 0 aliphatic heterocycles. The van der Waals surface area contributed by atoms with Gasteiger partial charge in [-0.1, -0.05) is 12.5 Å². The molecule has 1 aromatic carbocycles. The summed E-state index contributed by atoms with van der Waals surface area (Å²) in [6.07, 6.45) is 4.65. The molecule has 0 radical (unpaired) electrons. The van der Waals surface area contributed by atoms with E-state index in [9.17, 15) is 18.8 Å². The first-order valence-corrected chi connectivity index (χ1v) is 9.55. The number of carbonyl (C=O) groups excluding carboxylic acids is 3. The molecule has 3 amide bonds. The highest BCUT2D eigenvalue weighted by Gasteiger charge is 2.26. The van der Waals surface area contributed by atoms with Crippen LogP contribution in [0.4, 0.5) is 9.39 Å². The van der Waals surface area contributed by atoms with Crippen LogP contribution < -0.4 is 16.2 Å². The molecule has 0 unspecified atom stereocenters. The first-order chi connectivity index (χ1) is 13.0. The average molecular weight is 389 g/mol. The largest absolute Gasteiger partial charge is 0.313 e. The quantitative estimate of drug-likeness (QED) is 0.557. The predicted octanol–water partition coefficient (Wildman–Crippen LogP) is 3.19. The summed E-state index contributed by atoms with van der Waals surface area (Å²) in [6, 6.07) is 5.37. The van der Waals surface area contributed by atoms with Gasteiger partial charge in [0.1, 0.15) is 10.8 Å². The third kappa shape index (κ3) is 4.51. The highest BCUT2D eigenvalue weighted by atomic mass is 32.1. The highest BCUT2D eigenvalue weighted by molar-refractivity contribution is 7.17. The molecular weight excluding hydrogens is 369 g/mol. The first-order valence-electron chi connectivity index (χ1n) is 8.74. The number of halogens is 1. The van der Waals surface area contributed by atoms with Crippen molar-refractivity contribution in [1.29, 1.82) is 0 Å². The SMILES string of the molecule is CC(=O)NNC(=O)c1c(NC(=O)c2cccc(F)c2)sc2c1CCCCC2. The summed E-state index contributed by atoms with van der Waals surface area (Å²) < 4.78 is 13.4. The molecule has 1 aliphatic rings. The summed E-state index contributed by atoms with van der Waals surface area (Å²) in [7, 11) is 0. The van der Waals surface area contributed by atoms with Gasteiger partial charge in [-0.25, -0.2) is 4.39 Å². The molecule has 1 aliphatic carbocycles. The highest BCUT2D eigenvalue weighted by Crippen LogP contribution is 2.37. The Balaban J connectivity index is 1.92. The van der Waals surface area contributed by atoms with Crippen molar-refractivity contribution >= 4 is 34.1 Å². The number of hydrazine groups is 1. The van der Waals surface area contributed by atoms with Crippen molar-refractivity contribution < 1.29 is 18.8 Å². The fourth-order valence-corrected chi connectivity index (χ4v) is 4.37. The molecule has 1 heterocycles. The van der Waals surface area contributed by atoms with Crippen LogP contribution in [0.25, 0.3) is 0 Å². The second-order valence-corrected chi connectivity index (χ2v) is 7.47. The zero-order valence-corrected chi connectivity index (χ0v) is 15.7. The molecule has 27 heavy (non-hydrogen) atoms. The van der Waals surface area contributed by atoms with E-state index >= 15 is 0 Å². The molecule has 8 heteroatoms. The maximum absolute atomic E-state index is 13.4. The molecule has 2 aromatic rings. The molecule has 0 fully saturated rings. The molecule has 3 rings (SSSR count). The number of anilines is 1. The summed E-state index contributed by atoms with van der Waals surface area (Å²) in [5, 5.41) is 3.16. The second-order valence-electron chi connectivity index (χ2n) is 6.37. The number of benzene rings is 1. The van der Waals surface area contributed by atoms with Crippen molar-refractivity contribution in [3.63, 3.8) is 0 Å². The maximum atomic E-state index is 13.4. The van der Waals surface area contributed by atoms with Crippen LogP contribution >= 0.6 is 11.3 Å². The summed E-state index contributed by atoms with van der Waals surface area (Å²) >= 11 is 1.37. The van der Waals surface area contributed by atoms with Gasteiger partial charge in [-0.05, 0) is 49.4 Å². The topological polar surface area (TPSA) is 87.3 Å². The zero-order chi connectivity index (χ0) is 19.4. The van der Waals surface area contributed by atoms with Crippen LogP contribution in [0.15, 0.2) is 24.3 Å². The molecule has 6 nitrogen and oxygen atoms in total. The smallest absolute Gasteiger partial charge is 0.272 e. The lowest BCUT2D eigenvalue weighted by Gasteiger charge is -2.10. The second kappa shape index (κ2) is 8.30. The van der Waals surface area contributed by atoms with Crippen LogP contribution in [0.3, 0.4) is 0 Å². The molecule has 0 spiro atoms. The Morgan fingerprint density at radius 2 is 1.81 bits per heavy atom. The van der Waals surface area contributed by atoms with Crippen molar-refractivity contribution in [2.24, 2.45) is 0 Å². The van der Waals surface area contributed by atoms with E-state index in [2.05, 4.69) is 16.2 Å². The third-order valence-electron chi connectivity index (χ3n) is 4.31. The number of hydrogen-bond acceptors (Lipinski definition) is 4. The van der Waals surface area contributed by atoms with E-state index in [1.54, 1.807) is 0 Å². The Labute approximate surface area is 160 Å². The number of thiophene rings is 1. The molecule has 0 saturated carbocycles. The summed E-state index contributed by atoms with van der Waals surface area (Å²) in [6.45, 7) is 1.29. The van der Waals surface area contributed by atoms with Gasteiger partial charge in [-0.15, -0.1) is 11.3 Å². The normalized spacial score (nSPS) is 13.3. The van der Waals surface area contributed by atoms with E-state index in [-0.39, 0.29) is 5.56 Å². The Morgan fingerprint density at radius 1 is 1.04 bits per heavy atom. The lowest BCUT2D eigenvalue weighted by molar-refractivity contribution is -0.119. The maximum Gasteiger partial charge on any atom is 0.272 e. The number of carbonyl (C=O) groups is 3. The van der Waals surface area contributed by atoms with Gasteiger partial charge in [0.05, 0.1) is 5.56 Å². The van der Waals surface area contributed by atoms with E-state index in [0.29, 0.717) is 10.6 Å².